The van der Waals surface area contributed by atoms with Crippen LogP contribution in [0.3, 0.4) is 0 Å². The first-order chi connectivity index (χ1) is 12.5. The third-order valence-electron chi connectivity index (χ3n) is 3.89. The maximum atomic E-state index is 12.5. The van der Waals surface area contributed by atoms with Crippen LogP contribution in [0.25, 0.3) is 0 Å². The van der Waals surface area contributed by atoms with E-state index in [0.29, 0.717) is 29.4 Å². The van der Waals surface area contributed by atoms with Crippen molar-refractivity contribution < 1.29 is 19.1 Å². The van der Waals surface area contributed by atoms with Crippen LogP contribution < -0.4 is 10.6 Å². The SMILES string of the molecule is CCOC(=O)Cc1csc(NC(=O)c2ccc3c(c2)CCCC(=O)N3)n1. The van der Waals surface area contributed by atoms with E-state index in [9.17, 15) is 14.4 Å². The Kier molecular flexibility index (Phi) is 5.62. The summed E-state index contributed by atoms with van der Waals surface area (Å²) in [4.78, 5) is 39.8. The number of hydrogen-bond donors (Lipinski definition) is 2. The highest BCUT2D eigenvalue weighted by Crippen LogP contribution is 2.24. The Morgan fingerprint density at radius 2 is 2.19 bits per heavy atom. The van der Waals surface area contributed by atoms with Gasteiger partial charge in [-0.05, 0) is 43.5 Å². The fraction of sp³-hybridized carbons (Fsp3) is 0.333. The number of esters is 1. The average Bonchev–Trinajstić information content (AvgIpc) is 2.93. The Labute approximate surface area is 154 Å². The largest absolute Gasteiger partial charge is 0.466 e. The van der Waals surface area contributed by atoms with Crippen LogP contribution >= 0.6 is 11.3 Å². The molecule has 1 aromatic carbocycles. The fourth-order valence-electron chi connectivity index (χ4n) is 2.69. The van der Waals surface area contributed by atoms with E-state index in [-0.39, 0.29) is 24.2 Å². The van der Waals surface area contributed by atoms with Crippen molar-refractivity contribution in [3.05, 3.63) is 40.4 Å². The lowest BCUT2D eigenvalue weighted by Crippen LogP contribution is -2.13. The number of ether oxygens (including phenoxy) is 1. The summed E-state index contributed by atoms with van der Waals surface area (Å²) in [6.07, 6.45) is 2.07. The topological polar surface area (TPSA) is 97.4 Å². The molecule has 136 valence electrons. The van der Waals surface area contributed by atoms with Gasteiger partial charge in [0.15, 0.2) is 5.13 Å². The number of amides is 2. The van der Waals surface area contributed by atoms with E-state index in [0.717, 1.165) is 24.1 Å². The third kappa shape index (κ3) is 4.45. The molecule has 2 heterocycles. The maximum absolute atomic E-state index is 12.5. The zero-order valence-electron chi connectivity index (χ0n) is 14.3. The summed E-state index contributed by atoms with van der Waals surface area (Å²) in [7, 11) is 0. The first-order valence-corrected chi connectivity index (χ1v) is 9.27. The monoisotopic (exact) mass is 373 g/mol. The Balaban J connectivity index is 1.67. The summed E-state index contributed by atoms with van der Waals surface area (Å²) in [6, 6.07) is 5.22. The number of benzene rings is 1. The number of rotatable bonds is 5. The lowest BCUT2D eigenvalue weighted by atomic mass is 10.0. The Bertz CT molecular complexity index is 847. The molecule has 3 rings (SSSR count). The molecule has 0 aliphatic carbocycles. The molecule has 2 amide bonds. The van der Waals surface area contributed by atoms with E-state index in [1.54, 1.807) is 30.5 Å². The summed E-state index contributed by atoms with van der Waals surface area (Å²) in [5.41, 5.74) is 2.77. The molecular weight excluding hydrogens is 354 g/mol. The molecule has 2 aromatic rings. The van der Waals surface area contributed by atoms with Crippen molar-refractivity contribution in [2.45, 2.75) is 32.6 Å². The number of thiazole rings is 1. The molecule has 2 N–H and O–H groups in total. The number of hydrogen-bond acceptors (Lipinski definition) is 6. The molecular formula is C18H19N3O4S. The minimum atomic E-state index is -0.344. The van der Waals surface area contributed by atoms with E-state index in [1.807, 2.05) is 0 Å². The number of aryl methyl sites for hydroxylation is 1. The molecule has 0 saturated heterocycles. The molecule has 26 heavy (non-hydrogen) atoms. The van der Waals surface area contributed by atoms with Crippen molar-refractivity contribution >= 4 is 39.9 Å². The number of anilines is 2. The molecule has 0 radical (unpaired) electrons. The molecule has 1 aliphatic heterocycles. The molecule has 0 atom stereocenters. The van der Waals surface area contributed by atoms with Gasteiger partial charge in [-0.3, -0.25) is 19.7 Å². The number of fused-ring (bicyclic) bond motifs is 1. The number of aromatic nitrogens is 1. The van der Waals surface area contributed by atoms with Gasteiger partial charge in [-0.25, -0.2) is 4.98 Å². The Morgan fingerprint density at radius 1 is 1.35 bits per heavy atom. The van der Waals surface area contributed by atoms with Crippen LogP contribution in [-0.4, -0.2) is 29.4 Å². The molecule has 0 fully saturated rings. The van der Waals surface area contributed by atoms with Crippen molar-refractivity contribution in [1.29, 1.82) is 0 Å². The smallest absolute Gasteiger partial charge is 0.311 e. The number of nitrogens with one attached hydrogen (secondary N) is 2. The van der Waals surface area contributed by atoms with Crippen molar-refractivity contribution in [2.75, 3.05) is 17.2 Å². The van der Waals surface area contributed by atoms with Gasteiger partial charge in [-0.2, -0.15) is 0 Å². The third-order valence-corrected chi connectivity index (χ3v) is 4.70. The highest BCUT2D eigenvalue weighted by Gasteiger charge is 2.16. The number of nitrogens with zero attached hydrogens (tertiary/aromatic N) is 1. The van der Waals surface area contributed by atoms with Gasteiger partial charge in [0.1, 0.15) is 0 Å². The van der Waals surface area contributed by atoms with Crippen molar-refractivity contribution in [2.24, 2.45) is 0 Å². The molecule has 0 saturated carbocycles. The van der Waals surface area contributed by atoms with Crippen molar-refractivity contribution in [1.82, 2.24) is 4.98 Å². The second-order valence-corrected chi connectivity index (χ2v) is 6.71. The lowest BCUT2D eigenvalue weighted by molar-refractivity contribution is -0.142. The van der Waals surface area contributed by atoms with Crippen LogP contribution in [-0.2, 0) is 27.2 Å². The van der Waals surface area contributed by atoms with E-state index >= 15 is 0 Å². The van der Waals surface area contributed by atoms with Crippen molar-refractivity contribution in [3.63, 3.8) is 0 Å². The minimum Gasteiger partial charge on any atom is -0.466 e. The van der Waals surface area contributed by atoms with Gasteiger partial charge in [-0.15, -0.1) is 11.3 Å². The standard InChI is InChI=1S/C18H19N3O4S/c1-2-25-16(23)9-13-10-26-18(19-13)21-17(24)12-6-7-14-11(8-12)4-3-5-15(22)20-14/h6-8,10H,2-5,9H2,1H3,(H,20,22)(H,19,21,24). The van der Waals surface area contributed by atoms with Crippen LogP contribution in [0.2, 0.25) is 0 Å². The second-order valence-electron chi connectivity index (χ2n) is 5.85. The molecule has 7 nitrogen and oxygen atoms in total. The lowest BCUT2D eigenvalue weighted by Gasteiger charge is -2.09. The average molecular weight is 373 g/mol. The van der Waals surface area contributed by atoms with Gasteiger partial charge in [0.05, 0.1) is 18.7 Å². The van der Waals surface area contributed by atoms with Gasteiger partial charge in [0.2, 0.25) is 5.91 Å². The summed E-state index contributed by atoms with van der Waals surface area (Å²) in [5, 5.41) is 7.74. The molecule has 8 heteroatoms. The number of carbonyl (C=O) groups excluding carboxylic acids is 3. The molecule has 1 aliphatic rings. The Hall–Kier alpha value is -2.74. The van der Waals surface area contributed by atoms with Gasteiger partial charge in [0, 0.05) is 23.1 Å². The van der Waals surface area contributed by atoms with Gasteiger partial charge in [-0.1, -0.05) is 0 Å². The van der Waals surface area contributed by atoms with Crippen LogP contribution in [0.1, 0.15) is 41.4 Å². The van der Waals surface area contributed by atoms with Crippen LogP contribution in [0.5, 0.6) is 0 Å². The Morgan fingerprint density at radius 3 is 3.00 bits per heavy atom. The first-order valence-electron chi connectivity index (χ1n) is 8.39. The number of carbonyl (C=O) groups is 3. The van der Waals surface area contributed by atoms with Crippen molar-refractivity contribution in [3.8, 4) is 0 Å². The summed E-state index contributed by atoms with van der Waals surface area (Å²) in [5.74, 6) is -0.623. The molecule has 1 aromatic heterocycles. The van der Waals surface area contributed by atoms with Gasteiger partial charge < -0.3 is 10.1 Å². The predicted molar refractivity (Wildman–Crippen MR) is 98.4 cm³/mol. The molecule has 0 bridgehead atoms. The maximum Gasteiger partial charge on any atom is 0.311 e. The highest BCUT2D eigenvalue weighted by atomic mass is 32.1. The quantitative estimate of drug-likeness (QED) is 0.786. The van der Waals surface area contributed by atoms with Crippen LogP contribution in [0, 0.1) is 0 Å². The predicted octanol–water partition coefficient (Wildman–Crippen LogP) is 2.78. The van der Waals surface area contributed by atoms with E-state index in [4.69, 9.17) is 4.74 Å². The van der Waals surface area contributed by atoms with Gasteiger partial charge >= 0.3 is 5.97 Å². The zero-order chi connectivity index (χ0) is 18.5. The summed E-state index contributed by atoms with van der Waals surface area (Å²) in [6.45, 7) is 2.07. The molecule has 0 unspecified atom stereocenters. The van der Waals surface area contributed by atoms with Crippen LogP contribution in [0.15, 0.2) is 23.6 Å². The van der Waals surface area contributed by atoms with Gasteiger partial charge in [0.25, 0.3) is 5.91 Å². The normalized spacial score (nSPS) is 13.3. The second kappa shape index (κ2) is 8.09. The summed E-state index contributed by atoms with van der Waals surface area (Å²) < 4.78 is 4.88. The van der Waals surface area contributed by atoms with E-state index in [1.165, 1.54) is 11.3 Å². The van der Waals surface area contributed by atoms with E-state index < -0.39 is 0 Å². The summed E-state index contributed by atoms with van der Waals surface area (Å²) >= 11 is 1.26. The zero-order valence-corrected chi connectivity index (χ0v) is 15.1. The minimum absolute atomic E-state index is 0.00198. The van der Waals surface area contributed by atoms with E-state index in [2.05, 4.69) is 15.6 Å². The fourth-order valence-corrected chi connectivity index (χ4v) is 3.40. The highest BCUT2D eigenvalue weighted by molar-refractivity contribution is 7.14. The first kappa shape index (κ1) is 18.1. The molecule has 0 spiro atoms. The van der Waals surface area contributed by atoms with Crippen LogP contribution in [0.4, 0.5) is 10.8 Å².